The number of para-hydroxylation sites is 2. The van der Waals surface area contributed by atoms with Crippen LogP contribution in [-0.2, 0) is 4.74 Å². The Bertz CT molecular complexity index is 923. The van der Waals surface area contributed by atoms with Gasteiger partial charge in [0.15, 0.2) is 17.3 Å². The molecule has 1 fully saturated rings. The molecule has 0 amide bonds. The van der Waals surface area contributed by atoms with E-state index in [0.717, 1.165) is 36.2 Å². The second kappa shape index (κ2) is 7.17. The second-order valence-electron chi connectivity index (χ2n) is 6.29. The number of ether oxygens (including phenoxy) is 2. The summed E-state index contributed by atoms with van der Waals surface area (Å²) in [6.07, 6.45) is 2.36. The average Bonchev–Trinajstić information content (AvgIpc) is 3.19. The number of hydrogen-bond acceptors (Lipinski definition) is 6. The Balaban J connectivity index is 1.76. The summed E-state index contributed by atoms with van der Waals surface area (Å²) in [5, 5.41) is 14.8. The highest BCUT2D eigenvalue weighted by Crippen LogP contribution is 2.36. The van der Waals surface area contributed by atoms with Crippen LogP contribution in [0.4, 0.5) is 5.82 Å². The van der Waals surface area contributed by atoms with E-state index in [1.807, 2.05) is 30.3 Å². The van der Waals surface area contributed by atoms with Gasteiger partial charge in [-0.05, 0) is 37.1 Å². The third kappa shape index (κ3) is 3.15. The summed E-state index contributed by atoms with van der Waals surface area (Å²) >= 11 is 0. The predicted octanol–water partition coefficient (Wildman–Crippen LogP) is 3.60. The number of nitrogens with zero attached hydrogens (tertiary/aromatic N) is 2. The Kier molecular flexibility index (Phi) is 4.58. The number of aromatic hydroxyl groups is 1. The smallest absolute Gasteiger partial charge is 0.168 e. The molecule has 4 rings (SSSR count). The van der Waals surface area contributed by atoms with Crippen LogP contribution in [0.2, 0.25) is 0 Å². The lowest BCUT2D eigenvalue weighted by atomic mass is 10.1. The van der Waals surface area contributed by atoms with E-state index >= 15 is 0 Å². The normalized spacial score (nSPS) is 16.7. The van der Waals surface area contributed by atoms with Gasteiger partial charge in [-0.1, -0.05) is 18.2 Å². The van der Waals surface area contributed by atoms with Crippen LogP contribution in [0.15, 0.2) is 42.5 Å². The highest BCUT2D eigenvalue weighted by molar-refractivity contribution is 5.91. The molecule has 0 saturated carbocycles. The molecule has 1 aromatic heterocycles. The number of benzene rings is 2. The van der Waals surface area contributed by atoms with Crippen LogP contribution in [0.1, 0.15) is 12.8 Å². The van der Waals surface area contributed by atoms with Crippen molar-refractivity contribution in [2.24, 2.45) is 0 Å². The number of hydrogen-bond donors (Lipinski definition) is 2. The van der Waals surface area contributed by atoms with Crippen molar-refractivity contribution in [2.45, 2.75) is 18.9 Å². The van der Waals surface area contributed by atoms with Crippen molar-refractivity contribution in [2.75, 3.05) is 25.6 Å². The van der Waals surface area contributed by atoms with Gasteiger partial charge in [-0.2, -0.15) is 0 Å². The van der Waals surface area contributed by atoms with E-state index < -0.39 is 0 Å². The van der Waals surface area contributed by atoms with Crippen LogP contribution >= 0.6 is 0 Å². The van der Waals surface area contributed by atoms with Crippen molar-refractivity contribution in [1.82, 2.24) is 9.97 Å². The van der Waals surface area contributed by atoms with Crippen LogP contribution in [0, 0.1) is 0 Å². The number of phenolic OH excluding ortho intramolecular Hbond substituents is 1. The van der Waals surface area contributed by atoms with Gasteiger partial charge in [0.05, 0.1) is 24.3 Å². The highest BCUT2D eigenvalue weighted by Gasteiger charge is 2.18. The number of fused-ring (bicyclic) bond motifs is 1. The molecule has 134 valence electrons. The maximum atomic E-state index is 10.5. The summed E-state index contributed by atoms with van der Waals surface area (Å²) in [4.78, 5) is 9.30. The van der Waals surface area contributed by atoms with E-state index in [4.69, 9.17) is 9.47 Å². The lowest BCUT2D eigenvalue weighted by Gasteiger charge is -2.15. The van der Waals surface area contributed by atoms with Crippen molar-refractivity contribution < 1.29 is 14.6 Å². The van der Waals surface area contributed by atoms with Gasteiger partial charge < -0.3 is 19.9 Å². The third-order valence-corrected chi connectivity index (χ3v) is 4.58. The SMILES string of the molecule is COc1cccc(-c2nc(NC[C@@H]3CCCO3)c3ccccc3n2)c1O. The Morgan fingerprint density at radius 3 is 2.88 bits per heavy atom. The van der Waals surface area contributed by atoms with Crippen molar-refractivity contribution in [3.8, 4) is 22.9 Å². The van der Waals surface area contributed by atoms with Gasteiger partial charge in [-0.15, -0.1) is 0 Å². The maximum Gasteiger partial charge on any atom is 0.168 e. The van der Waals surface area contributed by atoms with Crippen LogP contribution in [0.5, 0.6) is 11.5 Å². The Morgan fingerprint density at radius 2 is 2.08 bits per heavy atom. The van der Waals surface area contributed by atoms with Gasteiger partial charge >= 0.3 is 0 Å². The molecule has 0 unspecified atom stereocenters. The quantitative estimate of drug-likeness (QED) is 0.731. The predicted molar refractivity (Wildman–Crippen MR) is 101 cm³/mol. The molecular formula is C20H21N3O3. The Labute approximate surface area is 151 Å². The number of nitrogens with one attached hydrogen (secondary N) is 1. The number of phenols is 1. The molecule has 1 atom stereocenters. The molecule has 2 heterocycles. The molecule has 2 N–H and O–H groups in total. The van der Waals surface area contributed by atoms with Crippen molar-refractivity contribution in [3.63, 3.8) is 0 Å². The topological polar surface area (TPSA) is 76.5 Å². The molecule has 2 aromatic carbocycles. The molecule has 6 heteroatoms. The van der Waals surface area contributed by atoms with E-state index in [1.165, 1.54) is 7.11 Å². The van der Waals surface area contributed by atoms with Gasteiger partial charge in [-0.3, -0.25) is 0 Å². The fraction of sp³-hybridized carbons (Fsp3) is 0.300. The standard InChI is InChI=1S/C20H21N3O3/c1-25-17-10-4-8-15(18(17)24)20-22-16-9-3-2-7-14(16)19(23-20)21-12-13-6-5-11-26-13/h2-4,7-10,13,24H,5-6,11-12H2,1H3,(H,21,22,23)/t13-/m0/s1. The average molecular weight is 351 g/mol. The number of anilines is 1. The number of rotatable bonds is 5. The van der Waals surface area contributed by atoms with Gasteiger partial charge in [0.2, 0.25) is 0 Å². The minimum absolute atomic E-state index is 0.0374. The summed E-state index contributed by atoms with van der Waals surface area (Å²) in [5.41, 5.74) is 1.35. The molecule has 0 radical (unpaired) electrons. The van der Waals surface area contributed by atoms with Gasteiger partial charge in [0.25, 0.3) is 0 Å². The summed E-state index contributed by atoms with van der Waals surface area (Å²) in [7, 11) is 1.52. The summed E-state index contributed by atoms with van der Waals surface area (Å²) in [6, 6.07) is 13.1. The molecular weight excluding hydrogens is 330 g/mol. The zero-order valence-corrected chi connectivity index (χ0v) is 14.6. The molecule has 1 aliphatic heterocycles. The number of aromatic nitrogens is 2. The van der Waals surface area contributed by atoms with Crippen molar-refractivity contribution in [1.29, 1.82) is 0 Å². The lowest BCUT2D eigenvalue weighted by molar-refractivity contribution is 0.120. The van der Waals surface area contributed by atoms with Gasteiger partial charge in [-0.25, -0.2) is 9.97 Å². The Hall–Kier alpha value is -2.86. The molecule has 0 bridgehead atoms. The van der Waals surface area contributed by atoms with E-state index in [-0.39, 0.29) is 11.9 Å². The fourth-order valence-corrected chi connectivity index (χ4v) is 3.22. The van der Waals surface area contributed by atoms with Crippen molar-refractivity contribution in [3.05, 3.63) is 42.5 Å². The molecule has 0 spiro atoms. The first-order chi connectivity index (χ1) is 12.8. The first-order valence-electron chi connectivity index (χ1n) is 8.75. The van der Waals surface area contributed by atoms with Crippen LogP contribution in [-0.4, -0.2) is 41.4 Å². The Morgan fingerprint density at radius 1 is 1.19 bits per heavy atom. The summed E-state index contributed by atoms with van der Waals surface area (Å²) in [6.45, 7) is 1.52. The second-order valence-corrected chi connectivity index (χ2v) is 6.29. The van der Waals surface area contributed by atoms with E-state index in [9.17, 15) is 5.11 Å². The fourth-order valence-electron chi connectivity index (χ4n) is 3.22. The zero-order valence-electron chi connectivity index (χ0n) is 14.6. The first-order valence-corrected chi connectivity index (χ1v) is 8.75. The van der Waals surface area contributed by atoms with Crippen molar-refractivity contribution >= 4 is 16.7 Å². The minimum atomic E-state index is 0.0374. The van der Waals surface area contributed by atoms with E-state index in [1.54, 1.807) is 12.1 Å². The van der Waals surface area contributed by atoms with Crippen LogP contribution in [0.3, 0.4) is 0 Å². The molecule has 0 aliphatic carbocycles. The van der Waals surface area contributed by atoms with Gasteiger partial charge in [0.1, 0.15) is 5.82 Å². The van der Waals surface area contributed by atoms with Crippen LogP contribution < -0.4 is 10.1 Å². The first kappa shape index (κ1) is 16.6. The molecule has 6 nitrogen and oxygen atoms in total. The zero-order chi connectivity index (χ0) is 17.9. The van der Waals surface area contributed by atoms with E-state index in [0.29, 0.717) is 23.7 Å². The van der Waals surface area contributed by atoms with Crippen LogP contribution in [0.25, 0.3) is 22.3 Å². The van der Waals surface area contributed by atoms with E-state index in [2.05, 4.69) is 15.3 Å². The monoisotopic (exact) mass is 351 g/mol. The summed E-state index contributed by atoms with van der Waals surface area (Å²) < 4.78 is 10.9. The third-order valence-electron chi connectivity index (χ3n) is 4.58. The molecule has 1 aliphatic rings. The maximum absolute atomic E-state index is 10.5. The molecule has 3 aromatic rings. The highest BCUT2D eigenvalue weighted by atomic mass is 16.5. The molecule has 1 saturated heterocycles. The molecule has 26 heavy (non-hydrogen) atoms. The lowest BCUT2D eigenvalue weighted by Crippen LogP contribution is -2.19. The largest absolute Gasteiger partial charge is 0.504 e. The minimum Gasteiger partial charge on any atom is -0.504 e. The summed E-state index contributed by atoms with van der Waals surface area (Å²) in [5.74, 6) is 1.63. The number of methoxy groups -OCH3 is 1. The van der Waals surface area contributed by atoms with Gasteiger partial charge in [0, 0.05) is 18.5 Å².